The number of halogens is 1. The third kappa shape index (κ3) is 2.55. The molecule has 0 atom stereocenters. The average Bonchev–Trinajstić information content (AvgIpc) is 2.99. The van der Waals surface area contributed by atoms with E-state index >= 15 is 0 Å². The van der Waals surface area contributed by atoms with E-state index in [4.69, 9.17) is 0 Å². The Labute approximate surface area is 104 Å². The van der Waals surface area contributed by atoms with Crippen molar-refractivity contribution >= 4 is 33.2 Å². The van der Waals surface area contributed by atoms with Crippen molar-refractivity contribution < 1.29 is 4.79 Å². The first-order valence-electron chi connectivity index (χ1n) is 5.35. The Balaban J connectivity index is 2.22. The Morgan fingerprint density at radius 1 is 1.44 bits per heavy atom. The molecule has 1 saturated carbocycles. The van der Waals surface area contributed by atoms with Crippen LogP contribution < -0.4 is 10.2 Å². The number of anilines is 2. The summed E-state index contributed by atoms with van der Waals surface area (Å²) >= 11 is 3.42. The van der Waals surface area contributed by atoms with Gasteiger partial charge in [0.2, 0.25) is 5.91 Å². The molecule has 3 nitrogen and oxygen atoms in total. The van der Waals surface area contributed by atoms with Gasteiger partial charge in [0.25, 0.3) is 0 Å². The van der Waals surface area contributed by atoms with Crippen molar-refractivity contribution in [1.82, 2.24) is 0 Å². The molecular weight excluding hydrogens is 268 g/mol. The van der Waals surface area contributed by atoms with E-state index in [9.17, 15) is 4.79 Å². The van der Waals surface area contributed by atoms with Crippen molar-refractivity contribution in [2.75, 3.05) is 24.3 Å². The second-order valence-corrected chi connectivity index (χ2v) is 5.24. The predicted octanol–water partition coefficient (Wildman–Crippen LogP) is 2.86. The predicted molar refractivity (Wildman–Crippen MR) is 69.8 cm³/mol. The molecule has 1 aliphatic carbocycles. The maximum atomic E-state index is 11.7. The Kier molecular flexibility index (Phi) is 3.19. The van der Waals surface area contributed by atoms with Crippen LogP contribution in [0.2, 0.25) is 0 Å². The van der Waals surface area contributed by atoms with E-state index in [0.717, 1.165) is 28.7 Å². The van der Waals surface area contributed by atoms with Gasteiger partial charge in [-0.25, -0.2) is 0 Å². The normalized spacial score (nSPS) is 14.7. The van der Waals surface area contributed by atoms with E-state index in [2.05, 4.69) is 21.2 Å². The van der Waals surface area contributed by atoms with Crippen LogP contribution in [0.5, 0.6) is 0 Å². The van der Waals surface area contributed by atoms with E-state index in [1.54, 1.807) is 0 Å². The third-order valence-corrected chi connectivity index (χ3v) is 3.14. The van der Waals surface area contributed by atoms with Crippen LogP contribution >= 0.6 is 15.9 Å². The smallest absolute Gasteiger partial charge is 0.227 e. The fourth-order valence-electron chi connectivity index (χ4n) is 1.58. The van der Waals surface area contributed by atoms with Gasteiger partial charge in [0.05, 0.1) is 11.4 Å². The highest BCUT2D eigenvalue weighted by Crippen LogP contribution is 2.33. The summed E-state index contributed by atoms with van der Waals surface area (Å²) in [4.78, 5) is 13.7. The molecule has 0 radical (unpaired) electrons. The van der Waals surface area contributed by atoms with Gasteiger partial charge in [-0.2, -0.15) is 0 Å². The summed E-state index contributed by atoms with van der Waals surface area (Å²) in [7, 11) is 3.94. The van der Waals surface area contributed by atoms with Gasteiger partial charge in [-0.1, -0.05) is 15.9 Å². The average molecular weight is 283 g/mol. The molecule has 86 valence electrons. The molecule has 0 spiro atoms. The number of carbonyl (C=O) groups excluding carboxylic acids is 1. The Morgan fingerprint density at radius 3 is 2.69 bits per heavy atom. The quantitative estimate of drug-likeness (QED) is 0.925. The van der Waals surface area contributed by atoms with E-state index in [0.29, 0.717) is 0 Å². The lowest BCUT2D eigenvalue weighted by Crippen LogP contribution is -2.17. The molecule has 0 aromatic heterocycles. The first-order chi connectivity index (χ1) is 7.58. The lowest BCUT2D eigenvalue weighted by molar-refractivity contribution is -0.117. The van der Waals surface area contributed by atoms with Gasteiger partial charge in [0.1, 0.15) is 0 Å². The molecule has 0 saturated heterocycles. The molecule has 0 unspecified atom stereocenters. The molecule has 16 heavy (non-hydrogen) atoms. The summed E-state index contributed by atoms with van der Waals surface area (Å²) < 4.78 is 0.976. The zero-order valence-corrected chi connectivity index (χ0v) is 11.0. The standard InChI is InChI=1S/C12H15BrN2O/c1-15(2)11-6-5-9(13)7-10(11)14-12(16)8-3-4-8/h5-8H,3-4H2,1-2H3,(H,14,16). The van der Waals surface area contributed by atoms with Crippen molar-refractivity contribution in [1.29, 1.82) is 0 Å². The molecule has 1 amide bonds. The molecule has 1 aliphatic rings. The molecule has 4 heteroatoms. The minimum atomic E-state index is 0.140. The van der Waals surface area contributed by atoms with Crippen LogP contribution in [-0.2, 0) is 4.79 Å². The highest BCUT2D eigenvalue weighted by atomic mass is 79.9. The first-order valence-corrected chi connectivity index (χ1v) is 6.15. The number of amides is 1. The van der Waals surface area contributed by atoms with Gasteiger partial charge in [0, 0.05) is 24.5 Å². The summed E-state index contributed by atoms with van der Waals surface area (Å²) in [6, 6.07) is 5.91. The van der Waals surface area contributed by atoms with Crippen molar-refractivity contribution in [2.24, 2.45) is 5.92 Å². The number of hydrogen-bond acceptors (Lipinski definition) is 2. The molecule has 0 bridgehead atoms. The van der Waals surface area contributed by atoms with Gasteiger partial charge in [0.15, 0.2) is 0 Å². The van der Waals surface area contributed by atoms with Crippen LogP contribution in [0.25, 0.3) is 0 Å². The maximum Gasteiger partial charge on any atom is 0.227 e. The van der Waals surface area contributed by atoms with Gasteiger partial charge in [-0.05, 0) is 31.0 Å². The van der Waals surface area contributed by atoms with Gasteiger partial charge >= 0.3 is 0 Å². The number of rotatable bonds is 3. The van der Waals surface area contributed by atoms with E-state index in [-0.39, 0.29) is 11.8 Å². The van der Waals surface area contributed by atoms with Crippen molar-refractivity contribution in [3.05, 3.63) is 22.7 Å². The van der Waals surface area contributed by atoms with E-state index < -0.39 is 0 Å². The number of benzene rings is 1. The fourth-order valence-corrected chi connectivity index (χ4v) is 1.94. The molecule has 0 heterocycles. The van der Waals surface area contributed by atoms with Crippen LogP contribution in [0.3, 0.4) is 0 Å². The molecule has 1 aromatic carbocycles. The van der Waals surface area contributed by atoms with Crippen molar-refractivity contribution in [3.8, 4) is 0 Å². The Bertz CT molecular complexity index is 413. The number of nitrogens with zero attached hydrogens (tertiary/aromatic N) is 1. The number of carbonyl (C=O) groups is 1. The molecule has 0 aliphatic heterocycles. The van der Waals surface area contributed by atoms with Crippen molar-refractivity contribution in [3.63, 3.8) is 0 Å². The number of nitrogens with one attached hydrogen (secondary N) is 1. The SMILES string of the molecule is CN(C)c1ccc(Br)cc1NC(=O)C1CC1. The minimum absolute atomic E-state index is 0.140. The van der Waals surface area contributed by atoms with Gasteiger partial charge in [-0.15, -0.1) is 0 Å². The van der Waals surface area contributed by atoms with Crippen LogP contribution in [0.4, 0.5) is 11.4 Å². The van der Waals surface area contributed by atoms with Gasteiger partial charge in [-0.3, -0.25) is 4.79 Å². The highest BCUT2D eigenvalue weighted by molar-refractivity contribution is 9.10. The van der Waals surface area contributed by atoms with Crippen LogP contribution in [-0.4, -0.2) is 20.0 Å². The summed E-state index contributed by atoms with van der Waals surface area (Å²) in [6.45, 7) is 0. The zero-order chi connectivity index (χ0) is 11.7. The lowest BCUT2D eigenvalue weighted by atomic mass is 10.2. The van der Waals surface area contributed by atoms with E-state index in [1.807, 2.05) is 37.2 Å². The third-order valence-electron chi connectivity index (χ3n) is 2.65. The Hall–Kier alpha value is -1.03. The highest BCUT2D eigenvalue weighted by Gasteiger charge is 2.30. The van der Waals surface area contributed by atoms with E-state index in [1.165, 1.54) is 0 Å². The Morgan fingerprint density at radius 2 is 2.12 bits per heavy atom. The first kappa shape index (κ1) is 11.5. The zero-order valence-electron chi connectivity index (χ0n) is 9.46. The number of hydrogen-bond donors (Lipinski definition) is 1. The summed E-state index contributed by atoms with van der Waals surface area (Å²) in [5.74, 6) is 0.371. The maximum absolute atomic E-state index is 11.7. The largest absolute Gasteiger partial charge is 0.376 e. The minimum Gasteiger partial charge on any atom is -0.376 e. The molecular formula is C12H15BrN2O. The summed E-state index contributed by atoms with van der Waals surface area (Å²) in [5, 5.41) is 2.98. The van der Waals surface area contributed by atoms with Crippen LogP contribution in [0, 0.1) is 5.92 Å². The fraction of sp³-hybridized carbons (Fsp3) is 0.417. The lowest BCUT2D eigenvalue weighted by Gasteiger charge is -2.18. The topological polar surface area (TPSA) is 32.3 Å². The van der Waals surface area contributed by atoms with Gasteiger partial charge < -0.3 is 10.2 Å². The second kappa shape index (κ2) is 4.45. The van der Waals surface area contributed by atoms with Crippen LogP contribution in [0.1, 0.15) is 12.8 Å². The molecule has 1 aromatic rings. The summed E-state index contributed by atoms with van der Waals surface area (Å²) in [6.07, 6.45) is 2.05. The van der Waals surface area contributed by atoms with Crippen molar-refractivity contribution in [2.45, 2.75) is 12.8 Å². The molecule has 1 N–H and O–H groups in total. The molecule has 1 fully saturated rings. The second-order valence-electron chi connectivity index (χ2n) is 4.32. The van der Waals surface area contributed by atoms with Crippen LogP contribution in [0.15, 0.2) is 22.7 Å². The monoisotopic (exact) mass is 282 g/mol. The molecule has 2 rings (SSSR count). The summed E-state index contributed by atoms with van der Waals surface area (Å²) in [5.41, 5.74) is 1.90.